The first-order chi connectivity index (χ1) is 13.0. The fourth-order valence-electron chi connectivity index (χ4n) is 3.07. The Kier molecular flexibility index (Phi) is 5.70. The highest BCUT2D eigenvalue weighted by molar-refractivity contribution is 5.79. The Balaban J connectivity index is 1.82. The van der Waals surface area contributed by atoms with Crippen LogP contribution in [-0.2, 0) is 16.6 Å². The summed E-state index contributed by atoms with van der Waals surface area (Å²) in [6, 6.07) is -0.241. The molecular formula is C18H25N7O2. The Morgan fingerprint density at radius 1 is 1.41 bits per heavy atom. The Morgan fingerprint density at radius 2 is 2.22 bits per heavy atom. The number of ether oxygens (including phenoxy) is 1. The zero-order chi connectivity index (χ0) is 19.4. The van der Waals surface area contributed by atoms with E-state index in [1.807, 2.05) is 26.4 Å². The van der Waals surface area contributed by atoms with Gasteiger partial charge >= 0.3 is 5.97 Å². The van der Waals surface area contributed by atoms with Gasteiger partial charge in [-0.3, -0.25) is 9.48 Å². The van der Waals surface area contributed by atoms with E-state index in [-0.39, 0.29) is 17.9 Å². The fraction of sp³-hybridized carbons (Fsp3) is 0.444. The van der Waals surface area contributed by atoms with Gasteiger partial charge in [0.1, 0.15) is 11.9 Å². The van der Waals surface area contributed by atoms with Crippen molar-refractivity contribution in [2.75, 3.05) is 13.7 Å². The number of nitrogens with two attached hydrogens (primary N) is 1. The lowest BCUT2D eigenvalue weighted by atomic mass is 9.96. The molecule has 3 heterocycles. The molecule has 2 aromatic rings. The molecule has 0 saturated carbocycles. The molecule has 27 heavy (non-hydrogen) atoms. The monoisotopic (exact) mass is 371 g/mol. The number of aryl methyl sites for hydroxylation is 1. The minimum atomic E-state index is -0.241. The molecule has 1 aliphatic heterocycles. The molecule has 2 atom stereocenters. The first-order valence-electron chi connectivity index (χ1n) is 8.88. The minimum absolute atomic E-state index is 0.211. The van der Waals surface area contributed by atoms with Crippen molar-refractivity contribution in [3.05, 3.63) is 24.7 Å². The number of methoxy groups -OCH3 is 1. The number of aliphatic imine (C=N–C) groups is 1. The maximum Gasteiger partial charge on any atom is 0.322 e. The number of allylic oxidation sites excluding steroid dienone is 1. The molecule has 2 unspecified atom stereocenters. The van der Waals surface area contributed by atoms with E-state index in [2.05, 4.69) is 15.5 Å². The maximum atomic E-state index is 11.6. The van der Waals surface area contributed by atoms with Crippen molar-refractivity contribution in [3.8, 4) is 11.1 Å². The van der Waals surface area contributed by atoms with Crippen LogP contribution in [0.4, 0.5) is 5.82 Å². The summed E-state index contributed by atoms with van der Waals surface area (Å²) in [6.07, 6.45) is 10.7. The van der Waals surface area contributed by atoms with E-state index in [9.17, 15) is 4.79 Å². The smallest absolute Gasteiger partial charge is 0.322 e. The average Bonchev–Trinajstić information content (AvgIpc) is 3.31. The summed E-state index contributed by atoms with van der Waals surface area (Å²) in [4.78, 5) is 16.3. The Labute approximate surface area is 157 Å². The van der Waals surface area contributed by atoms with Crippen molar-refractivity contribution in [1.29, 1.82) is 0 Å². The van der Waals surface area contributed by atoms with Crippen molar-refractivity contribution in [3.63, 3.8) is 0 Å². The number of piperidine rings is 1. The Hall–Kier alpha value is -2.94. The number of hydrogen-bond donors (Lipinski definition) is 2. The van der Waals surface area contributed by atoms with Gasteiger partial charge in [0.15, 0.2) is 5.82 Å². The van der Waals surface area contributed by atoms with Crippen molar-refractivity contribution < 1.29 is 9.53 Å². The summed E-state index contributed by atoms with van der Waals surface area (Å²) in [5, 5.41) is 11.8. The van der Waals surface area contributed by atoms with E-state index < -0.39 is 0 Å². The summed E-state index contributed by atoms with van der Waals surface area (Å²) in [5.41, 5.74) is 7.86. The Bertz CT molecular complexity index is 857. The van der Waals surface area contributed by atoms with Crippen molar-refractivity contribution in [2.45, 2.75) is 25.8 Å². The second kappa shape index (κ2) is 8.17. The van der Waals surface area contributed by atoms with Crippen molar-refractivity contribution in [1.82, 2.24) is 24.9 Å². The molecule has 1 aliphatic rings. The van der Waals surface area contributed by atoms with Gasteiger partial charge in [-0.25, -0.2) is 4.99 Å². The van der Waals surface area contributed by atoms with E-state index >= 15 is 0 Å². The van der Waals surface area contributed by atoms with Gasteiger partial charge in [0.25, 0.3) is 0 Å². The van der Waals surface area contributed by atoms with Gasteiger partial charge in [-0.2, -0.15) is 14.9 Å². The van der Waals surface area contributed by atoms with Crippen LogP contribution in [0.3, 0.4) is 0 Å². The van der Waals surface area contributed by atoms with E-state index in [4.69, 9.17) is 15.5 Å². The van der Waals surface area contributed by atoms with E-state index in [1.54, 1.807) is 27.8 Å². The maximum absolute atomic E-state index is 11.6. The van der Waals surface area contributed by atoms with Gasteiger partial charge in [0, 0.05) is 43.0 Å². The molecule has 0 aliphatic carbocycles. The van der Waals surface area contributed by atoms with E-state index in [0.717, 1.165) is 24.0 Å². The summed E-state index contributed by atoms with van der Waals surface area (Å²) >= 11 is 0. The molecule has 1 fully saturated rings. The number of carbonyl (C=O) groups excluding carboxylic acids is 1. The molecule has 1 saturated heterocycles. The highest BCUT2D eigenvalue weighted by Crippen LogP contribution is 2.31. The van der Waals surface area contributed by atoms with Crippen LogP contribution in [0.1, 0.15) is 19.8 Å². The topological polar surface area (TPSA) is 112 Å². The fourth-order valence-corrected chi connectivity index (χ4v) is 3.07. The SMILES string of the molecule is C/C=C(/N)n1ncc(-c2cnn(C)c2)c1/N=C/C1CCC(C(=O)OC)NC1. The van der Waals surface area contributed by atoms with Gasteiger partial charge in [0.05, 0.1) is 19.5 Å². The van der Waals surface area contributed by atoms with Crippen molar-refractivity contribution >= 4 is 23.8 Å². The highest BCUT2D eigenvalue weighted by atomic mass is 16.5. The molecular weight excluding hydrogens is 346 g/mol. The normalized spacial score (nSPS) is 20.9. The quantitative estimate of drug-likeness (QED) is 0.605. The van der Waals surface area contributed by atoms with Gasteiger partial charge < -0.3 is 15.8 Å². The first-order valence-corrected chi connectivity index (χ1v) is 8.88. The van der Waals surface area contributed by atoms with Gasteiger partial charge in [-0.1, -0.05) is 0 Å². The number of nitrogens with one attached hydrogen (secondary N) is 1. The van der Waals surface area contributed by atoms with Gasteiger partial charge in [0.2, 0.25) is 0 Å². The molecule has 0 bridgehead atoms. The summed E-state index contributed by atoms with van der Waals surface area (Å²) in [7, 11) is 3.27. The molecule has 0 amide bonds. The van der Waals surface area contributed by atoms with Crippen molar-refractivity contribution in [2.24, 2.45) is 23.7 Å². The largest absolute Gasteiger partial charge is 0.468 e. The predicted molar refractivity (Wildman–Crippen MR) is 103 cm³/mol. The predicted octanol–water partition coefficient (Wildman–Crippen LogP) is 1.30. The molecule has 9 nitrogen and oxygen atoms in total. The zero-order valence-electron chi connectivity index (χ0n) is 15.8. The molecule has 9 heteroatoms. The van der Waals surface area contributed by atoms with Crippen LogP contribution in [0.15, 0.2) is 29.7 Å². The third-order valence-corrected chi connectivity index (χ3v) is 4.65. The number of hydrogen-bond acceptors (Lipinski definition) is 7. The lowest BCUT2D eigenvalue weighted by Crippen LogP contribution is -2.44. The molecule has 0 radical (unpaired) electrons. The van der Waals surface area contributed by atoms with Crippen LogP contribution >= 0.6 is 0 Å². The van der Waals surface area contributed by atoms with Gasteiger partial charge in [-0.15, -0.1) is 0 Å². The third kappa shape index (κ3) is 4.08. The van der Waals surface area contributed by atoms with Crippen LogP contribution in [0.25, 0.3) is 16.9 Å². The Morgan fingerprint density at radius 3 is 2.81 bits per heavy atom. The number of carbonyl (C=O) groups is 1. The van der Waals surface area contributed by atoms with Crippen LogP contribution < -0.4 is 11.1 Å². The van der Waals surface area contributed by atoms with Crippen LogP contribution in [0, 0.1) is 5.92 Å². The number of nitrogens with zero attached hydrogens (tertiary/aromatic N) is 5. The molecule has 3 N–H and O–H groups in total. The molecule has 144 valence electrons. The second-order valence-corrected chi connectivity index (χ2v) is 6.51. The number of rotatable bonds is 5. The zero-order valence-corrected chi connectivity index (χ0v) is 15.8. The second-order valence-electron chi connectivity index (χ2n) is 6.51. The standard InChI is InChI=1S/C18H25N7O2/c1-4-16(19)25-17(14(10-23-25)13-9-22-24(2)11-13)21-8-12-5-6-15(20-7-12)18(26)27-3/h4,8-12,15,20H,5-7,19H2,1-3H3/b16-4-,21-8+. The van der Waals surface area contributed by atoms with Crippen LogP contribution in [0.5, 0.6) is 0 Å². The number of esters is 1. The summed E-state index contributed by atoms with van der Waals surface area (Å²) in [5.74, 6) is 1.16. The lowest BCUT2D eigenvalue weighted by molar-refractivity contribution is -0.143. The molecule has 3 rings (SSSR count). The van der Waals surface area contributed by atoms with Crippen LogP contribution in [-0.4, -0.2) is 51.4 Å². The van der Waals surface area contributed by atoms with Gasteiger partial charge in [-0.05, 0) is 25.8 Å². The van der Waals surface area contributed by atoms with E-state index in [0.29, 0.717) is 18.2 Å². The average molecular weight is 371 g/mol. The summed E-state index contributed by atoms with van der Waals surface area (Å²) < 4.78 is 8.14. The van der Waals surface area contributed by atoms with E-state index in [1.165, 1.54) is 7.11 Å². The molecule has 2 aromatic heterocycles. The molecule has 0 aromatic carbocycles. The van der Waals surface area contributed by atoms with Crippen LogP contribution in [0.2, 0.25) is 0 Å². The lowest BCUT2D eigenvalue weighted by Gasteiger charge is -2.25. The molecule has 0 spiro atoms. The minimum Gasteiger partial charge on any atom is -0.468 e. The number of aromatic nitrogens is 4. The highest BCUT2D eigenvalue weighted by Gasteiger charge is 2.25. The first kappa shape index (κ1) is 18.8. The summed E-state index contributed by atoms with van der Waals surface area (Å²) in [6.45, 7) is 2.52. The third-order valence-electron chi connectivity index (χ3n) is 4.65.